The third kappa shape index (κ3) is 4.23. The number of nitrogens with two attached hydrogens (primary N) is 1. The van der Waals surface area contributed by atoms with E-state index in [9.17, 15) is 14.9 Å². The Morgan fingerprint density at radius 3 is 2.60 bits per heavy atom. The van der Waals surface area contributed by atoms with Gasteiger partial charge in [-0.15, -0.1) is 0 Å². The summed E-state index contributed by atoms with van der Waals surface area (Å²) in [5.74, 6) is 0.408. The number of hydrogen-bond acceptors (Lipinski definition) is 7. The first kappa shape index (κ1) is 15.4. The summed E-state index contributed by atoms with van der Waals surface area (Å²) < 4.78 is 0. The molecular weight excluding hydrogens is 266 g/mol. The van der Waals surface area contributed by atoms with Crippen LogP contribution in [0.5, 0.6) is 0 Å². The fourth-order valence-electron chi connectivity index (χ4n) is 1.51. The van der Waals surface area contributed by atoms with Crippen LogP contribution in [-0.2, 0) is 0 Å². The number of nitrogens with zero attached hydrogens (tertiary/aromatic N) is 3. The first-order chi connectivity index (χ1) is 9.45. The second kappa shape index (κ2) is 7.07. The maximum absolute atomic E-state index is 11.0. The number of nitrogens with one attached hydrogen (secondary N) is 3. The Labute approximate surface area is 115 Å². The number of aryl methyl sites for hydroxylation is 1. The number of rotatable bonds is 7. The Kier molecular flexibility index (Phi) is 5.44. The normalized spacial score (nSPS) is 9.90. The molecule has 0 aromatic carbocycles. The number of carbonyl (C=O) groups excluding carboxylic acids is 1. The summed E-state index contributed by atoms with van der Waals surface area (Å²) in [5.41, 5.74) is 4.98. The predicted octanol–water partition coefficient (Wildman–Crippen LogP) is 0.205. The molecule has 1 aromatic rings. The first-order valence-electron chi connectivity index (χ1n) is 5.99. The Morgan fingerprint density at radius 2 is 2.05 bits per heavy atom. The van der Waals surface area contributed by atoms with Gasteiger partial charge in [0.2, 0.25) is 11.8 Å². The molecule has 1 heterocycles. The van der Waals surface area contributed by atoms with Crippen molar-refractivity contribution >= 4 is 23.5 Å². The van der Waals surface area contributed by atoms with Crippen molar-refractivity contribution in [2.24, 2.45) is 5.73 Å². The molecule has 5 N–H and O–H groups in total. The number of hydrogen-bond donors (Lipinski definition) is 4. The molecule has 0 saturated carbocycles. The topological polar surface area (TPSA) is 148 Å². The quantitative estimate of drug-likeness (QED) is 0.317. The van der Waals surface area contributed by atoms with Gasteiger partial charge in [0.25, 0.3) is 0 Å². The number of aromatic nitrogens is 2. The smallest absolute Gasteiger partial charge is 0.332 e. The zero-order chi connectivity index (χ0) is 15.1. The minimum absolute atomic E-state index is 0.102. The van der Waals surface area contributed by atoms with E-state index in [1.54, 1.807) is 0 Å². The van der Waals surface area contributed by atoms with Crippen molar-refractivity contribution in [3.63, 3.8) is 0 Å². The number of anilines is 2. The van der Waals surface area contributed by atoms with E-state index in [-0.39, 0.29) is 30.3 Å². The SMILES string of the molecule is CCNc1nc(C)c([N+](=O)[O-])c(NCCNC(N)=O)n1. The van der Waals surface area contributed by atoms with Crippen LogP contribution in [-0.4, -0.2) is 40.6 Å². The van der Waals surface area contributed by atoms with E-state index in [1.807, 2.05) is 6.92 Å². The van der Waals surface area contributed by atoms with Crippen LogP contribution >= 0.6 is 0 Å². The Morgan fingerprint density at radius 1 is 1.35 bits per heavy atom. The fraction of sp³-hybridized carbons (Fsp3) is 0.500. The highest BCUT2D eigenvalue weighted by molar-refractivity contribution is 5.71. The van der Waals surface area contributed by atoms with Gasteiger partial charge < -0.3 is 21.7 Å². The molecule has 0 fully saturated rings. The molecule has 1 rings (SSSR count). The number of urea groups is 1. The molecule has 0 spiro atoms. The van der Waals surface area contributed by atoms with Crippen molar-refractivity contribution in [1.29, 1.82) is 0 Å². The molecule has 20 heavy (non-hydrogen) atoms. The maximum atomic E-state index is 11.0. The van der Waals surface area contributed by atoms with E-state index in [2.05, 4.69) is 25.9 Å². The van der Waals surface area contributed by atoms with E-state index in [0.29, 0.717) is 12.5 Å². The molecule has 10 nitrogen and oxygen atoms in total. The molecule has 110 valence electrons. The summed E-state index contributed by atoms with van der Waals surface area (Å²) in [6.45, 7) is 4.48. The highest BCUT2D eigenvalue weighted by Crippen LogP contribution is 2.26. The standard InChI is InChI=1S/C10H17N7O3/c1-3-12-10-15-6(2)7(17(19)20)8(16-10)13-4-5-14-9(11)18/h3-5H2,1-2H3,(H3,11,14,18)(H2,12,13,15,16). The third-order valence-electron chi connectivity index (χ3n) is 2.29. The Balaban J connectivity index is 2.89. The summed E-state index contributed by atoms with van der Waals surface area (Å²) in [6.07, 6.45) is 0. The molecule has 0 saturated heterocycles. The van der Waals surface area contributed by atoms with Gasteiger partial charge in [-0.25, -0.2) is 9.78 Å². The molecule has 0 bridgehead atoms. The summed E-state index contributed by atoms with van der Waals surface area (Å²) in [6, 6.07) is -0.659. The van der Waals surface area contributed by atoms with Crippen LogP contribution in [0.25, 0.3) is 0 Å². The number of carbonyl (C=O) groups is 1. The van der Waals surface area contributed by atoms with Gasteiger partial charge >= 0.3 is 11.7 Å². The van der Waals surface area contributed by atoms with Gasteiger partial charge in [-0.05, 0) is 13.8 Å². The number of primary amides is 1. The van der Waals surface area contributed by atoms with E-state index in [1.165, 1.54) is 6.92 Å². The second-order valence-corrected chi connectivity index (χ2v) is 3.84. The van der Waals surface area contributed by atoms with E-state index in [0.717, 1.165) is 0 Å². The minimum atomic E-state index is -0.659. The lowest BCUT2D eigenvalue weighted by atomic mass is 10.3. The predicted molar refractivity (Wildman–Crippen MR) is 73.7 cm³/mol. The van der Waals surface area contributed by atoms with Crippen LogP contribution in [0.1, 0.15) is 12.6 Å². The van der Waals surface area contributed by atoms with Gasteiger partial charge in [-0.3, -0.25) is 10.1 Å². The monoisotopic (exact) mass is 283 g/mol. The lowest BCUT2D eigenvalue weighted by molar-refractivity contribution is -0.385. The zero-order valence-electron chi connectivity index (χ0n) is 11.3. The summed E-state index contributed by atoms with van der Waals surface area (Å²) in [4.78, 5) is 29.0. The van der Waals surface area contributed by atoms with E-state index >= 15 is 0 Å². The first-order valence-corrected chi connectivity index (χ1v) is 5.99. The van der Waals surface area contributed by atoms with Crippen LogP contribution in [0.4, 0.5) is 22.2 Å². The fourth-order valence-corrected chi connectivity index (χ4v) is 1.51. The van der Waals surface area contributed by atoms with Gasteiger partial charge in [-0.2, -0.15) is 4.98 Å². The maximum Gasteiger partial charge on any atom is 0.332 e. The molecule has 0 radical (unpaired) electrons. The average molecular weight is 283 g/mol. The zero-order valence-corrected chi connectivity index (χ0v) is 11.3. The van der Waals surface area contributed by atoms with Gasteiger partial charge in [0.05, 0.1) is 4.92 Å². The van der Waals surface area contributed by atoms with Crippen LogP contribution < -0.4 is 21.7 Å². The van der Waals surface area contributed by atoms with Crippen LogP contribution in [0.2, 0.25) is 0 Å². The van der Waals surface area contributed by atoms with Crippen molar-refractivity contribution in [1.82, 2.24) is 15.3 Å². The largest absolute Gasteiger partial charge is 0.362 e. The second-order valence-electron chi connectivity index (χ2n) is 3.84. The third-order valence-corrected chi connectivity index (χ3v) is 2.29. The lowest BCUT2D eigenvalue weighted by Gasteiger charge is -2.10. The molecule has 10 heteroatoms. The van der Waals surface area contributed by atoms with Crippen LogP contribution in [0.15, 0.2) is 0 Å². The Hall–Kier alpha value is -2.65. The highest BCUT2D eigenvalue weighted by Gasteiger charge is 2.21. The molecular formula is C10H17N7O3. The van der Waals surface area contributed by atoms with Crippen molar-refractivity contribution in [3.8, 4) is 0 Å². The van der Waals surface area contributed by atoms with Gasteiger partial charge in [-0.1, -0.05) is 0 Å². The average Bonchev–Trinajstić information content (AvgIpc) is 2.33. The van der Waals surface area contributed by atoms with Crippen LogP contribution in [0.3, 0.4) is 0 Å². The van der Waals surface area contributed by atoms with Crippen molar-refractivity contribution in [2.45, 2.75) is 13.8 Å². The highest BCUT2D eigenvalue weighted by atomic mass is 16.6. The summed E-state index contributed by atoms with van der Waals surface area (Å²) in [5, 5.41) is 19.1. The van der Waals surface area contributed by atoms with Crippen LogP contribution in [0, 0.1) is 17.0 Å². The van der Waals surface area contributed by atoms with E-state index < -0.39 is 11.0 Å². The van der Waals surface area contributed by atoms with E-state index in [4.69, 9.17) is 5.73 Å². The summed E-state index contributed by atoms with van der Waals surface area (Å²) in [7, 11) is 0. The van der Waals surface area contributed by atoms with Gasteiger partial charge in [0, 0.05) is 19.6 Å². The summed E-state index contributed by atoms with van der Waals surface area (Å²) >= 11 is 0. The Bertz CT molecular complexity index is 506. The van der Waals surface area contributed by atoms with Gasteiger partial charge in [0.15, 0.2) is 0 Å². The molecule has 1 aromatic heterocycles. The van der Waals surface area contributed by atoms with Crippen molar-refractivity contribution in [3.05, 3.63) is 15.8 Å². The number of nitro groups is 1. The van der Waals surface area contributed by atoms with Gasteiger partial charge in [0.1, 0.15) is 5.69 Å². The molecule has 2 amide bonds. The van der Waals surface area contributed by atoms with Crippen molar-refractivity contribution < 1.29 is 9.72 Å². The lowest BCUT2D eigenvalue weighted by Crippen LogP contribution is -2.33. The molecule has 0 atom stereocenters. The van der Waals surface area contributed by atoms with Crippen molar-refractivity contribution in [2.75, 3.05) is 30.3 Å². The minimum Gasteiger partial charge on any atom is -0.362 e. The number of amides is 2. The molecule has 0 aliphatic heterocycles. The molecule has 0 unspecified atom stereocenters. The molecule has 0 aliphatic rings. The molecule has 0 aliphatic carbocycles.